The Labute approximate surface area is 112 Å². The number of rotatable bonds is 8. The molecule has 1 aliphatic carbocycles. The van der Waals surface area contributed by atoms with Gasteiger partial charge in [0.2, 0.25) is 0 Å². The van der Waals surface area contributed by atoms with E-state index in [4.69, 9.17) is 0 Å². The van der Waals surface area contributed by atoms with Crippen molar-refractivity contribution in [1.82, 2.24) is 14.3 Å². The Morgan fingerprint density at radius 3 is 2.50 bits per heavy atom. The van der Waals surface area contributed by atoms with E-state index in [1.54, 1.807) is 7.05 Å². The van der Waals surface area contributed by atoms with Crippen LogP contribution in [0.25, 0.3) is 0 Å². The van der Waals surface area contributed by atoms with Gasteiger partial charge in [0, 0.05) is 19.6 Å². The molecule has 1 fully saturated rings. The summed E-state index contributed by atoms with van der Waals surface area (Å²) in [5, 5.41) is 3.02. The highest BCUT2D eigenvalue weighted by Crippen LogP contribution is 2.27. The Morgan fingerprint density at radius 1 is 1.33 bits per heavy atom. The minimum Gasteiger partial charge on any atom is -0.320 e. The van der Waals surface area contributed by atoms with Crippen LogP contribution in [0.4, 0.5) is 0 Å². The van der Waals surface area contributed by atoms with Crippen molar-refractivity contribution in [1.29, 1.82) is 0 Å². The summed E-state index contributed by atoms with van der Waals surface area (Å²) in [5.74, 6) is 0.505. The van der Waals surface area contributed by atoms with Crippen LogP contribution in [0.5, 0.6) is 0 Å². The van der Waals surface area contributed by atoms with Gasteiger partial charge in [0.05, 0.1) is 0 Å². The molecule has 0 aromatic rings. The molecule has 2 N–H and O–H groups in total. The second kappa shape index (κ2) is 7.43. The lowest BCUT2D eigenvalue weighted by Gasteiger charge is -2.24. The molecular weight excluding hydrogens is 250 g/mol. The van der Waals surface area contributed by atoms with Crippen LogP contribution >= 0.6 is 0 Å². The average Bonchev–Trinajstić information content (AvgIpc) is 2.82. The Morgan fingerprint density at radius 2 is 1.94 bits per heavy atom. The molecule has 0 aliphatic heterocycles. The van der Waals surface area contributed by atoms with Crippen LogP contribution in [0.1, 0.15) is 39.0 Å². The summed E-state index contributed by atoms with van der Waals surface area (Å²) in [4.78, 5) is 0. The van der Waals surface area contributed by atoms with E-state index in [1.165, 1.54) is 17.1 Å². The van der Waals surface area contributed by atoms with Crippen LogP contribution in [0.15, 0.2) is 0 Å². The number of nitrogens with one attached hydrogen (secondary N) is 2. The highest BCUT2D eigenvalue weighted by atomic mass is 32.2. The molecule has 0 amide bonds. The van der Waals surface area contributed by atoms with Crippen molar-refractivity contribution in [2.45, 2.75) is 45.1 Å². The molecule has 0 heterocycles. The van der Waals surface area contributed by atoms with Gasteiger partial charge in [0.1, 0.15) is 0 Å². The van der Waals surface area contributed by atoms with Crippen molar-refractivity contribution in [3.05, 3.63) is 0 Å². The van der Waals surface area contributed by atoms with E-state index in [-0.39, 0.29) is 6.04 Å². The number of hydrogen-bond donors (Lipinski definition) is 2. The van der Waals surface area contributed by atoms with Crippen LogP contribution in [-0.2, 0) is 10.2 Å². The maximum atomic E-state index is 12.1. The maximum absolute atomic E-state index is 12.1. The fraction of sp³-hybridized carbons (Fsp3) is 1.00. The van der Waals surface area contributed by atoms with Crippen molar-refractivity contribution in [2.75, 3.05) is 27.2 Å². The molecule has 1 unspecified atom stereocenters. The molecule has 1 saturated carbocycles. The van der Waals surface area contributed by atoms with Gasteiger partial charge in [-0.3, -0.25) is 0 Å². The van der Waals surface area contributed by atoms with Crippen molar-refractivity contribution in [2.24, 2.45) is 5.92 Å². The Balaban J connectivity index is 2.41. The molecule has 6 heteroatoms. The van der Waals surface area contributed by atoms with E-state index in [1.807, 2.05) is 14.0 Å². The first kappa shape index (κ1) is 15.9. The monoisotopic (exact) mass is 277 g/mol. The molecule has 0 aromatic heterocycles. The van der Waals surface area contributed by atoms with Gasteiger partial charge in [-0.15, -0.1) is 0 Å². The van der Waals surface area contributed by atoms with Crippen molar-refractivity contribution >= 4 is 10.2 Å². The minimum atomic E-state index is -3.32. The third-order valence-corrected chi connectivity index (χ3v) is 5.42. The molecule has 0 aromatic carbocycles. The lowest BCUT2D eigenvalue weighted by molar-refractivity contribution is 0.395. The van der Waals surface area contributed by atoms with E-state index in [2.05, 4.69) is 10.0 Å². The van der Waals surface area contributed by atoms with Crippen molar-refractivity contribution < 1.29 is 8.42 Å². The van der Waals surface area contributed by atoms with Gasteiger partial charge in [-0.05, 0) is 45.7 Å². The normalized spacial score (nSPS) is 19.6. The molecule has 1 atom stereocenters. The third-order valence-electron chi connectivity index (χ3n) is 3.75. The summed E-state index contributed by atoms with van der Waals surface area (Å²) in [7, 11) is 0.186. The smallest absolute Gasteiger partial charge is 0.279 e. The summed E-state index contributed by atoms with van der Waals surface area (Å²) in [6, 6.07) is 0.0456. The van der Waals surface area contributed by atoms with Crippen LogP contribution in [0.3, 0.4) is 0 Å². The summed E-state index contributed by atoms with van der Waals surface area (Å²) >= 11 is 0. The molecular formula is C12H27N3O2S. The predicted molar refractivity (Wildman–Crippen MR) is 74.6 cm³/mol. The lowest BCUT2D eigenvalue weighted by atomic mass is 10.0. The second-order valence-corrected chi connectivity index (χ2v) is 7.04. The van der Waals surface area contributed by atoms with Crippen LogP contribution in [-0.4, -0.2) is 45.9 Å². The molecule has 5 nitrogen and oxygen atoms in total. The zero-order valence-corrected chi connectivity index (χ0v) is 12.6. The van der Waals surface area contributed by atoms with Gasteiger partial charge in [-0.25, -0.2) is 0 Å². The van der Waals surface area contributed by atoms with Gasteiger partial charge in [0.15, 0.2) is 0 Å². The van der Waals surface area contributed by atoms with Crippen LogP contribution < -0.4 is 10.0 Å². The summed E-state index contributed by atoms with van der Waals surface area (Å²) in [6.07, 6.45) is 5.58. The number of hydrogen-bond acceptors (Lipinski definition) is 3. The van der Waals surface area contributed by atoms with E-state index in [9.17, 15) is 8.42 Å². The Kier molecular flexibility index (Phi) is 6.55. The molecule has 0 spiro atoms. The molecule has 0 bridgehead atoms. The zero-order valence-electron chi connectivity index (χ0n) is 11.8. The molecule has 1 rings (SSSR count). The lowest BCUT2D eigenvalue weighted by Crippen LogP contribution is -2.45. The quantitative estimate of drug-likeness (QED) is 0.649. The van der Waals surface area contributed by atoms with Crippen molar-refractivity contribution in [3.63, 3.8) is 0 Å². The molecule has 108 valence electrons. The van der Waals surface area contributed by atoms with E-state index >= 15 is 0 Å². The third kappa shape index (κ3) is 4.84. The topological polar surface area (TPSA) is 61.4 Å². The molecule has 0 saturated heterocycles. The predicted octanol–water partition coefficient (Wildman–Crippen LogP) is 0.941. The second-order valence-electron chi connectivity index (χ2n) is 5.23. The van der Waals surface area contributed by atoms with E-state index in [0.29, 0.717) is 12.5 Å². The Bertz CT molecular complexity index is 326. The minimum absolute atomic E-state index is 0.0456. The zero-order chi connectivity index (χ0) is 13.6. The average molecular weight is 277 g/mol. The van der Waals surface area contributed by atoms with Gasteiger partial charge in [-0.1, -0.05) is 12.8 Å². The fourth-order valence-corrected chi connectivity index (χ4v) is 3.69. The highest BCUT2D eigenvalue weighted by molar-refractivity contribution is 7.87. The first-order chi connectivity index (χ1) is 8.47. The largest absolute Gasteiger partial charge is 0.320 e. The molecule has 18 heavy (non-hydrogen) atoms. The summed E-state index contributed by atoms with van der Waals surface area (Å²) < 4.78 is 28.4. The number of nitrogens with zero attached hydrogens (tertiary/aromatic N) is 1. The summed E-state index contributed by atoms with van der Waals surface area (Å²) in [5.41, 5.74) is 0. The van der Waals surface area contributed by atoms with Gasteiger partial charge < -0.3 is 5.32 Å². The highest BCUT2D eigenvalue weighted by Gasteiger charge is 2.26. The van der Waals surface area contributed by atoms with Crippen LogP contribution in [0, 0.1) is 5.92 Å². The van der Waals surface area contributed by atoms with Gasteiger partial charge >= 0.3 is 0 Å². The SMILES string of the molecule is CNCCCN(C)S(=O)(=O)NC(C)C1CCCC1. The van der Waals surface area contributed by atoms with Gasteiger partial charge in [-0.2, -0.15) is 17.4 Å². The van der Waals surface area contributed by atoms with E-state index in [0.717, 1.165) is 25.8 Å². The summed E-state index contributed by atoms with van der Waals surface area (Å²) in [6.45, 7) is 3.36. The standard InChI is InChI=1S/C12H27N3O2S/c1-11(12-7-4-5-8-12)14-18(16,17)15(3)10-6-9-13-2/h11-14H,4-10H2,1-3H3. The maximum Gasteiger partial charge on any atom is 0.279 e. The molecule has 0 radical (unpaired) electrons. The molecule has 1 aliphatic rings. The first-order valence-electron chi connectivity index (χ1n) is 6.85. The Hall–Kier alpha value is -0.170. The van der Waals surface area contributed by atoms with E-state index < -0.39 is 10.2 Å². The van der Waals surface area contributed by atoms with Crippen molar-refractivity contribution in [3.8, 4) is 0 Å². The van der Waals surface area contributed by atoms with Gasteiger partial charge in [0.25, 0.3) is 10.2 Å². The first-order valence-corrected chi connectivity index (χ1v) is 8.29. The van der Waals surface area contributed by atoms with Crippen LogP contribution in [0.2, 0.25) is 0 Å². The fourth-order valence-electron chi connectivity index (χ4n) is 2.48.